The maximum Gasteiger partial charge on any atom is 0.0403 e. The smallest absolute Gasteiger partial charge is 0.0403 e. The lowest BCUT2D eigenvalue weighted by Gasteiger charge is -2.27. The standard InChI is InChI=1S/C18H21N/c1-11-8-9-16-15(10-11)17-14-7-5-4-6-13(14)12(2)18(17)19(16)3/h4-10,12-14,17-18H,1-3H3. The Kier molecular flexibility index (Phi) is 2.24. The first-order valence-electron chi connectivity index (χ1n) is 7.37. The van der Waals surface area contributed by atoms with E-state index in [1.807, 2.05) is 0 Å². The second-order valence-corrected chi connectivity index (χ2v) is 6.47. The fourth-order valence-corrected chi connectivity index (χ4v) is 4.72. The van der Waals surface area contributed by atoms with Gasteiger partial charge < -0.3 is 4.90 Å². The van der Waals surface area contributed by atoms with E-state index in [0.29, 0.717) is 17.9 Å². The second kappa shape index (κ2) is 3.75. The Hall–Kier alpha value is -1.50. The zero-order chi connectivity index (χ0) is 13.1. The van der Waals surface area contributed by atoms with E-state index in [0.717, 1.165) is 11.8 Å². The summed E-state index contributed by atoms with van der Waals surface area (Å²) in [5, 5.41) is 0. The Bertz CT molecular complexity index is 583. The van der Waals surface area contributed by atoms with Crippen LogP contribution in [0.1, 0.15) is 24.0 Å². The zero-order valence-electron chi connectivity index (χ0n) is 11.9. The minimum atomic E-state index is 0.666. The van der Waals surface area contributed by atoms with Crippen LogP contribution in [0, 0.1) is 24.7 Å². The van der Waals surface area contributed by atoms with Gasteiger partial charge in [0.15, 0.2) is 0 Å². The maximum absolute atomic E-state index is 2.53. The Balaban J connectivity index is 1.88. The van der Waals surface area contributed by atoms with Crippen molar-refractivity contribution in [3.63, 3.8) is 0 Å². The molecule has 0 bridgehead atoms. The molecule has 1 saturated carbocycles. The lowest BCUT2D eigenvalue weighted by atomic mass is 9.81. The number of hydrogen-bond acceptors (Lipinski definition) is 1. The average molecular weight is 251 g/mol. The Morgan fingerprint density at radius 3 is 2.58 bits per heavy atom. The fourth-order valence-electron chi connectivity index (χ4n) is 4.72. The predicted octanol–water partition coefficient (Wildman–Crippen LogP) is 3.91. The lowest BCUT2D eigenvalue weighted by molar-refractivity contribution is 0.423. The van der Waals surface area contributed by atoms with Crippen molar-refractivity contribution in [1.82, 2.24) is 0 Å². The largest absolute Gasteiger partial charge is 0.370 e. The third-order valence-corrected chi connectivity index (χ3v) is 5.52. The summed E-state index contributed by atoms with van der Waals surface area (Å²) in [7, 11) is 2.28. The molecule has 2 aliphatic carbocycles. The van der Waals surface area contributed by atoms with Crippen molar-refractivity contribution in [2.45, 2.75) is 25.8 Å². The van der Waals surface area contributed by atoms with E-state index in [1.165, 1.54) is 11.3 Å². The highest BCUT2D eigenvalue weighted by molar-refractivity contribution is 5.64. The van der Waals surface area contributed by atoms with Gasteiger partial charge in [0.25, 0.3) is 0 Å². The van der Waals surface area contributed by atoms with Crippen LogP contribution >= 0.6 is 0 Å². The number of likely N-dealkylation sites (N-methyl/N-ethyl adjacent to an activating group) is 1. The number of benzene rings is 1. The lowest BCUT2D eigenvalue weighted by Crippen LogP contribution is -2.33. The van der Waals surface area contributed by atoms with Gasteiger partial charge in [-0.1, -0.05) is 48.9 Å². The molecule has 1 aromatic carbocycles. The van der Waals surface area contributed by atoms with E-state index < -0.39 is 0 Å². The minimum Gasteiger partial charge on any atom is -0.370 e. The van der Waals surface area contributed by atoms with E-state index in [2.05, 4.69) is 68.3 Å². The average Bonchev–Trinajstić information content (AvgIpc) is 2.86. The van der Waals surface area contributed by atoms with Crippen molar-refractivity contribution in [2.75, 3.05) is 11.9 Å². The quantitative estimate of drug-likeness (QED) is 0.676. The van der Waals surface area contributed by atoms with Gasteiger partial charge in [-0.2, -0.15) is 0 Å². The summed E-state index contributed by atoms with van der Waals surface area (Å²) in [5.74, 6) is 2.82. The highest BCUT2D eigenvalue weighted by Gasteiger charge is 2.53. The first-order chi connectivity index (χ1) is 9.18. The maximum atomic E-state index is 2.53. The van der Waals surface area contributed by atoms with Crippen LogP contribution in [-0.4, -0.2) is 13.1 Å². The summed E-state index contributed by atoms with van der Waals surface area (Å²) >= 11 is 0. The van der Waals surface area contributed by atoms with Gasteiger partial charge in [0.05, 0.1) is 0 Å². The normalized spacial score (nSPS) is 38.3. The van der Waals surface area contributed by atoms with Crippen molar-refractivity contribution >= 4 is 5.69 Å². The second-order valence-electron chi connectivity index (χ2n) is 6.47. The molecule has 1 heteroatoms. The van der Waals surface area contributed by atoms with Gasteiger partial charge in [-0.3, -0.25) is 0 Å². The topological polar surface area (TPSA) is 3.24 Å². The molecule has 5 atom stereocenters. The van der Waals surface area contributed by atoms with E-state index in [-0.39, 0.29) is 0 Å². The molecule has 98 valence electrons. The number of fused-ring (bicyclic) bond motifs is 5. The molecule has 1 nitrogen and oxygen atoms in total. The molecule has 0 N–H and O–H groups in total. The molecule has 1 aromatic rings. The summed E-state index contributed by atoms with van der Waals surface area (Å²) in [6.07, 6.45) is 9.34. The van der Waals surface area contributed by atoms with Crippen LogP contribution in [-0.2, 0) is 0 Å². The molecule has 0 saturated heterocycles. The molecule has 1 heterocycles. The molecule has 1 fully saturated rings. The van der Waals surface area contributed by atoms with Gasteiger partial charge in [0, 0.05) is 24.7 Å². The molecule has 3 aliphatic rings. The van der Waals surface area contributed by atoms with Crippen LogP contribution in [0.4, 0.5) is 5.69 Å². The third-order valence-electron chi connectivity index (χ3n) is 5.52. The van der Waals surface area contributed by atoms with Crippen LogP contribution in [0.5, 0.6) is 0 Å². The van der Waals surface area contributed by atoms with E-state index in [1.54, 1.807) is 5.56 Å². The molecule has 1 aliphatic heterocycles. The predicted molar refractivity (Wildman–Crippen MR) is 80.5 cm³/mol. The summed E-state index contributed by atoms with van der Waals surface area (Å²) < 4.78 is 0. The third kappa shape index (κ3) is 1.36. The van der Waals surface area contributed by atoms with E-state index >= 15 is 0 Å². The molecule has 0 spiro atoms. The van der Waals surface area contributed by atoms with Gasteiger partial charge in [0.1, 0.15) is 0 Å². The number of allylic oxidation sites excluding steroid dienone is 4. The van der Waals surface area contributed by atoms with Gasteiger partial charge in [-0.05, 0) is 36.3 Å². The molecule has 4 rings (SSSR count). The first kappa shape index (κ1) is 11.3. The van der Waals surface area contributed by atoms with Crippen molar-refractivity contribution in [2.24, 2.45) is 17.8 Å². The highest BCUT2D eigenvalue weighted by Crippen LogP contribution is 2.57. The van der Waals surface area contributed by atoms with Crippen molar-refractivity contribution in [3.8, 4) is 0 Å². The highest BCUT2D eigenvalue weighted by atomic mass is 15.2. The summed E-state index contributed by atoms with van der Waals surface area (Å²) in [6.45, 7) is 4.64. The number of anilines is 1. The number of hydrogen-bond donors (Lipinski definition) is 0. The number of nitrogens with zero attached hydrogens (tertiary/aromatic N) is 1. The molecule has 19 heavy (non-hydrogen) atoms. The van der Waals surface area contributed by atoms with Crippen molar-refractivity contribution in [1.29, 1.82) is 0 Å². The van der Waals surface area contributed by atoms with Gasteiger partial charge in [0.2, 0.25) is 0 Å². The van der Waals surface area contributed by atoms with Crippen LogP contribution in [0.15, 0.2) is 42.5 Å². The van der Waals surface area contributed by atoms with Crippen LogP contribution in [0.25, 0.3) is 0 Å². The molecule has 0 radical (unpaired) electrons. The zero-order valence-corrected chi connectivity index (χ0v) is 11.9. The minimum absolute atomic E-state index is 0.666. The van der Waals surface area contributed by atoms with Crippen LogP contribution in [0.3, 0.4) is 0 Å². The Morgan fingerprint density at radius 2 is 1.79 bits per heavy atom. The Labute approximate surface area is 115 Å². The van der Waals surface area contributed by atoms with Gasteiger partial charge in [-0.15, -0.1) is 0 Å². The monoisotopic (exact) mass is 251 g/mol. The SMILES string of the molecule is Cc1ccc2c(c1)C1C3C=CC=CC3C(C)C1N2C. The van der Waals surface area contributed by atoms with Gasteiger partial charge in [-0.25, -0.2) is 0 Å². The van der Waals surface area contributed by atoms with Gasteiger partial charge >= 0.3 is 0 Å². The summed E-state index contributed by atoms with van der Waals surface area (Å²) in [6, 6.07) is 7.64. The van der Waals surface area contributed by atoms with Crippen molar-refractivity contribution in [3.05, 3.63) is 53.6 Å². The molecular formula is C18H21N. The van der Waals surface area contributed by atoms with E-state index in [4.69, 9.17) is 0 Å². The fraction of sp³-hybridized carbons (Fsp3) is 0.444. The molecule has 0 aromatic heterocycles. The van der Waals surface area contributed by atoms with Crippen LogP contribution in [0.2, 0.25) is 0 Å². The Morgan fingerprint density at radius 1 is 1.05 bits per heavy atom. The number of aryl methyl sites for hydroxylation is 1. The molecule has 0 amide bonds. The summed E-state index contributed by atoms with van der Waals surface area (Å²) in [5.41, 5.74) is 4.42. The summed E-state index contributed by atoms with van der Waals surface area (Å²) in [4.78, 5) is 2.53. The molecular weight excluding hydrogens is 230 g/mol. The number of rotatable bonds is 0. The molecule has 5 unspecified atom stereocenters. The van der Waals surface area contributed by atoms with E-state index in [9.17, 15) is 0 Å². The van der Waals surface area contributed by atoms with Crippen LogP contribution < -0.4 is 4.90 Å². The van der Waals surface area contributed by atoms with Crippen molar-refractivity contribution < 1.29 is 0 Å². The first-order valence-corrected chi connectivity index (χ1v) is 7.37.